The van der Waals surface area contributed by atoms with Crippen LogP contribution in [0.1, 0.15) is 105 Å². The number of nitrogens with two attached hydrogens (primary N) is 1. The van der Waals surface area contributed by atoms with Crippen LogP contribution < -0.4 is 11.1 Å². The van der Waals surface area contributed by atoms with Gasteiger partial charge in [-0.3, -0.25) is 9.59 Å². The van der Waals surface area contributed by atoms with Gasteiger partial charge in [0.1, 0.15) is 5.60 Å². The summed E-state index contributed by atoms with van der Waals surface area (Å²) < 4.78 is 12.3. The molecule has 0 amide bonds. The average Bonchev–Trinajstić information content (AvgIpc) is 3.45. The van der Waals surface area contributed by atoms with Crippen LogP contribution in [0.15, 0.2) is 59.5 Å². The molecule has 2 aliphatic carbocycles. The number of benzene rings is 1. The summed E-state index contributed by atoms with van der Waals surface area (Å²) in [7, 11) is 0. The maximum Gasteiger partial charge on any atom is 0.350 e. The number of fused-ring (bicyclic) bond motifs is 2. The van der Waals surface area contributed by atoms with Gasteiger partial charge in [-0.2, -0.15) is 0 Å². The topological polar surface area (TPSA) is 111 Å². The maximum atomic E-state index is 14.0. The number of nitrogens with one attached hydrogen (secondary N) is 1. The molecule has 0 radical (unpaired) electrons. The van der Waals surface area contributed by atoms with Crippen molar-refractivity contribution >= 4 is 17.5 Å². The number of ketones is 2. The molecule has 39 heavy (non-hydrogen) atoms. The Balaban J connectivity index is 1.40. The standard InChI is InChI=1S/C32H40N2O5/c1-3-4-7-16-30(17-8-9-18-30)38-29(37)32-28(36)25-11-6-5-10-24(25)27(35)31(32,39-32)19-14-22(2)12-13-23-15-20-34-26(33)21-23/h5-6,10-11,14-15,21,34H,3-4,7-9,12-13,16-20,33H2,1-2H3. The lowest BCUT2D eigenvalue weighted by Gasteiger charge is -2.32. The van der Waals surface area contributed by atoms with Gasteiger partial charge >= 0.3 is 5.97 Å². The predicted molar refractivity (Wildman–Crippen MR) is 149 cm³/mol. The van der Waals surface area contributed by atoms with Gasteiger partial charge in [0.05, 0.1) is 5.82 Å². The van der Waals surface area contributed by atoms with Crippen molar-refractivity contribution in [3.8, 4) is 0 Å². The molecule has 1 saturated heterocycles. The second-order valence-corrected chi connectivity index (χ2v) is 11.6. The van der Waals surface area contributed by atoms with Gasteiger partial charge in [-0.15, -0.1) is 0 Å². The number of carbonyl (C=O) groups excluding carboxylic acids is 3. The molecular weight excluding hydrogens is 492 g/mol. The van der Waals surface area contributed by atoms with E-state index in [1.54, 1.807) is 24.3 Å². The van der Waals surface area contributed by atoms with E-state index < -0.39 is 28.6 Å². The number of allylic oxidation sites excluding steroid dienone is 3. The summed E-state index contributed by atoms with van der Waals surface area (Å²) >= 11 is 0. The van der Waals surface area contributed by atoms with E-state index in [9.17, 15) is 14.4 Å². The summed E-state index contributed by atoms with van der Waals surface area (Å²) in [6, 6.07) is 6.70. The van der Waals surface area contributed by atoms with Crippen LogP contribution in [-0.2, 0) is 14.3 Å². The van der Waals surface area contributed by atoms with Gasteiger partial charge in [0.2, 0.25) is 5.78 Å². The molecule has 2 atom stereocenters. The van der Waals surface area contributed by atoms with Crippen LogP contribution in [0, 0.1) is 0 Å². The Bertz CT molecular complexity index is 1250. The number of rotatable bonds is 11. The second kappa shape index (κ2) is 10.8. The van der Waals surface area contributed by atoms with Gasteiger partial charge in [-0.25, -0.2) is 4.79 Å². The van der Waals surface area contributed by atoms with E-state index in [2.05, 4.69) is 18.3 Å². The molecule has 2 heterocycles. The molecular formula is C32H40N2O5. The predicted octanol–water partition coefficient (Wildman–Crippen LogP) is 5.46. The van der Waals surface area contributed by atoms with Crippen molar-refractivity contribution < 1.29 is 23.9 Å². The Labute approximate surface area is 230 Å². The van der Waals surface area contributed by atoms with Gasteiger partial charge in [0.25, 0.3) is 5.60 Å². The second-order valence-electron chi connectivity index (χ2n) is 11.6. The molecule has 2 unspecified atom stereocenters. The molecule has 2 aliphatic heterocycles. The highest BCUT2D eigenvalue weighted by Gasteiger charge is 2.85. The lowest BCUT2D eigenvalue weighted by Crippen LogP contribution is -2.52. The van der Waals surface area contributed by atoms with Crippen molar-refractivity contribution in [1.29, 1.82) is 0 Å². The molecule has 1 aromatic rings. The van der Waals surface area contributed by atoms with E-state index >= 15 is 0 Å². The Hall–Kier alpha value is -3.19. The van der Waals surface area contributed by atoms with Crippen molar-refractivity contribution in [3.63, 3.8) is 0 Å². The number of epoxide rings is 1. The summed E-state index contributed by atoms with van der Waals surface area (Å²) in [6.07, 6.45) is 15.1. The minimum atomic E-state index is -1.91. The minimum Gasteiger partial charge on any atom is -0.456 e. The molecule has 4 aliphatic rings. The van der Waals surface area contributed by atoms with Crippen LogP contribution in [0.4, 0.5) is 0 Å². The zero-order valence-corrected chi connectivity index (χ0v) is 23.1. The third-order valence-corrected chi connectivity index (χ3v) is 8.86. The normalized spacial score (nSPS) is 27.2. The Morgan fingerprint density at radius 2 is 1.85 bits per heavy atom. The van der Waals surface area contributed by atoms with E-state index in [0.29, 0.717) is 17.9 Å². The highest BCUT2D eigenvalue weighted by molar-refractivity contribution is 6.32. The number of dihydropyridines is 1. The molecule has 7 nitrogen and oxygen atoms in total. The first-order chi connectivity index (χ1) is 18.8. The summed E-state index contributed by atoms with van der Waals surface area (Å²) in [5.74, 6) is -0.819. The highest BCUT2D eigenvalue weighted by Crippen LogP contribution is 2.59. The van der Waals surface area contributed by atoms with Crippen molar-refractivity contribution in [1.82, 2.24) is 5.32 Å². The van der Waals surface area contributed by atoms with Gasteiger partial charge in [-0.05, 0) is 69.9 Å². The van der Waals surface area contributed by atoms with Crippen LogP contribution in [0.3, 0.4) is 0 Å². The number of unbranched alkanes of at least 4 members (excludes halogenated alkanes) is 2. The summed E-state index contributed by atoms with van der Waals surface area (Å²) in [5.41, 5.74) is 4.60. The molecule has 208 valence electrons. The molecule has 0 aromatic heterocycles. The highest BCUT2D eigenvalue weighted by atomic mass is 16.7. The number of hydrogen-bond donors (Lipinski definition) is 2. The monoisotopic (exact) mass is 532 g/mol. The molecule has 1 saturated carbocycles. The van der Waals surface area contributed by atoms with Gasteiger partial charge in [-0.1, -0.05) is 61.8 Å². The van der Waals surface area contributed by atoms with Crippen LogP contribution in [-0.4, -0.2) is 40.9 Å². The minimum absolute atomic E-state index is 0.147. The van der Waals surface area contributed by atoms with Gasteiger partial charge in [0.15, 0.2) is 11.4 Å². The average molecular weight is 533 g/mol. The smallest absolute Gasteiger partial charge is 0.350 e. The van der Waals surface area contributed by atoms with Crippen molar-refractivity contribution in [2.45, 2.75) is 101 Å². The first-order valence-electron chi connectivity index (χ1n) is 14.4. The first kappa shape index (κ1) is 27.4. The first-order valence-corrected chi connectivity index (χ1v) is 14.4. The van der Waals surface area contributed by atoms with E-state index in [0.717, 1.165) is 75.4 Å². The molecule has 0 bridgehead atoms. The lowest BCUT2D eigenvalue weighted by atomic mass is 9.72. The summed E-state index contributed by atoms with van der Waals surface area (Å²) in [6.45, 7) is 4.85. The number of Topliss-reactive ketones (excluding diaryl/α,β-unsaturated/α-hetero) is 2. The van der Waals surface area contributed by atoms with Crippen LogP contribution in [0.5, 0.6) is 0 Å². The van der Waals surface area contributed by atoms with E-state index in [-0.39, 0.29) is 17.8 Å². The zero-order chi connectivity index (χ0) is 27.7. The fourth-order valence-corrected chi connectivity index (χ4v) is 6.47. The van der Waals surface area contributed by atoms with Crippen LogP contribution in [0.2, 0.25) is 0 Å². The Morgan fingerprint density at radius 3 is 2.54 bits per heavy atom. The van der Waals surface area contributed by atoms with E-state index in [1.165, 1.54) is 0 Å². The fraction of sp³-hybridized carbons (Fsp3) is 0.531. The maximum absolute atomic E-state index is 14.0. The molecule has 3 N–H and O–H groups in total. The summed E-state index contributed by atoms with van der Waals surface area (Å²) in [5, 5.41) is 3.07. The molecule has 7 heteroatoms. The fourth-order valence-electron chi connectivity index (χ4n) is 6.47. The SMILES string of the molecule is CCCCCC1(OC(=O)C23OC2(CC=C(C)CCC2=CCNC(N)=C2)C(=O)c2ccccc2C3=O)CCCC1. The van der Waals surface area contributed by atoms with Crippen LogP contribution in [0.25, 0.3) is 0 Å². The third kappa shape index (κ3) is 4.86. The Kier molecular flexibility index (Phi) is 7.55. The Morgan fingerprint density at radius 1 is 1.13 bits per heavy atom. The van der Waals surface area contributed by atoms with Gasteiger partial charge < -0.3 is 20.5 Å². The largest absolute Gasteiger partial charge is 0.456 e. The third-order valence-electron chi connectivity index (χ3n) is 8.86. The number of carbonyl (C=O) groups is 3. The number of esters is 1. The molecule has 5 rings (SSSR count). The number of hydrogen-bond acceptors (Lipinski definition) is 7. The quantitative estimate of drug-likeness (QED) is 0.128. The zero-order valence-electron chi connectivity index (χ0n) is 23.1. The lowest BCUT2D eigenvalue weighted by molar-refractivity contribution is -0.164. The molecule has 1 aromatic carbocycles. The molecule has 0 spiro atoms. The molecule has 2 fully saturated rings. The summed E-state index contributed by atoms with van der Waals surface area (Å²) in [4.78, 5) is 41.7. The number of ether oxygens (including phenoxy) is 2. The van der Waals surface area contributed by atoms with E-state index in [1.807, 2.05) is 19.1 Å². The van der Waals surface area contributed by atoms with Crippen molar-refractivity contribution in [2.24, 2.45) is 5.73 Å². The van der Waals surface area contributed by atoms with Gasteiger partial charge in [0, 0.05) is 24.1 Å². The van der Waals surface area contributed by atoms with Crippen molar-refractivity contribution in [2.75, 3.05) is 6.54 Å². The van der Waals surface area contributed by atoms with Crippen LogP contribution >= 0.6 is 0 Å². The van der Waals surface area contributed by atoms with E-state index in [4.69, 9.17) is 15.2 Å². The van der Waals surface area contributed by atoms with Crippen molar-refractivity contribution in [3.05, 3.63) is 70.6 Å².